The first-order valence-corrected chi connectivity index (χ1v) is 10.3. The number of rotatable bonds is 8. The summed E-state index contributed by atoms with van der Waals surface area (Å²) in [5.41, 5.74) is 11.6. The smallest absolute Gasteiger partial charge is 0.211 e. The number of amides is 1. The third-order valence-corrected chi connectivity index (χ3v) is 5.73. The van der Waals surface area contributed by atoms with Crippen molar-refractivity contribution in [2.24, 2.45) is 11.5 Å². The van der Waals surface area contributed by atoms with Crippen LogP contribution in [0.25, 0.3) is 4.91 Å². The first kappa shape index (κ1) is 24.2. The highest BCUT2D eigenvalue weighted by Crippen LogP contribution is 2.44. The third kappa shape index (κ3) is 6.38. The largest absolute Gasteiger partial charge is 0.490 e. The van der Waals surface area contributed by atoms with E-state index in [-0.39, 0.29) is 6.10 Å². The topological polar surface area (TPSA) is 111 Å². The first-order chi connectivity index (χ1) is 13.3. The lowest BCUT2D eigenvalue weighted by Gasteiger charge is -2.26. The van der Waals surface area contributed by atoms with E-state index in [2.05, 4.69) is 30.1 Å². The molecular formula is C21H33N3O3S. The van der Waals surface area contributed by atoms with Crippen LogP contribution in [0.1, 0.15) is 51.7 Å². The standard InChI is InChI=1S/C20H28N2O3S.CH5N/c1-5-13(2)25-16-10-6-8-15-9-7-11-17(18(15)16)26-19(22-12-23)14(3)20(4,21)24;1-2/h6,8,10-13,24H,5,7,9,21H2,1-4H3,(H,22,23);2H2,1H3/b19-14+;. The van der Waals surface area contributed by atoms with E-state index in [1.807, 2.05) is 19.1 Å². The van der Waals surface area contributed by atoms with Crippen LogP contribution in [0.5, 0.6) is 5.75 Å². The number of hydrogen-bond acceptors (Lipinski definition) is 6. The van der Waals surface area contributed by atoms with Crippen LogP contribution < -0.4 is 21.5 Å². The molecule has 1 amide bonds. The van der Waals surface area contributed by atoms with E-state index in [0.29, 0.717) is 17.0 Å². The van der Waals surface area contributed by atoms with Gasteiger partial charge in [0.25, 0.3) is 0 Å². The SMILES string of the molecule is CCC(C)Oc1cccc2c1C(S/C(NC=O)=C(\C)C(C)(N)O)=CCC2.CN. The highest BCUT2D eigenvalue weighted by molar-refractivity contribution is 8.11. The fourth-order valence-corrected chi connectivity index (χ4v) is 3.85. The van der Waals surface area contributed by atoms with Crippen LogP contribution in [0.2, 0.25) is 0 Å². The summed E-state index contributed by atoms with van der Waals surface area (Å²) in [4.78, 5) is 12.1. The van der Waals surface area contributed by atoms with Gasteiger partial charge in [-0.05, 0) is 58.7 Å². The van der Waals surface area contributed by atoms with E-state index in [1.165, 1.54) is 31.3 Å². The number of carbonyl (C=O) groups excluding carboxylic acids is 1. The summed E-state index contributed by atoms with van der Waals surface area (Å²) in [6, 6.07) is 6.10. The molecule has 1 aliphatic rings. The van der Waals surface area contributed by atoms with Gasteiger partial charge in [0, 0.05) is 16.0 Å². The van der Waals surface area contributed by atoms with Crippen LogP contribution in [0.3, 0.4) is 0 Å². The Kier molecular flexibility index (Phi) is 9.75. The third-order valence-electron chi connectivity index (χ3n) is 4.51. The molecule has 7 heteroatoms. The molecule has 28 heavy (non-hydrogen) atoms. The summed E-state index contributed by atoms with van der Waals surface area (Å²) in [6.07, 6.45) is 5.64. The number of aliphatic hydroxyl groups is 1. The predicted molar refractivity (Wildman–Crippen MR) is 118 cm³/mol. The summed E-state index contributed by atoms with van der Waals surface area (Å²) in [5, 5.41) is 13.3. The number of nitrogens with two attached hydrogens (primary N) is 2. The first-order valence-electron chi connectivity index (χ1n) is 9.45. The number of carbonyl (C=O) groups is 1. The minimum Gasteiger partial charge on any atom is -0.490 e. The Bertz CT molecular complexity index is 724. The van der Waals surface area contributed by atoms with E-state index < -0.39 is 5.72 Å². The number of aryl methyl sites for hydroxylation is 1. The molecular weight excluding hydrogens is 374 g/mol. The summed E-state index contributed by atoms with van der Waals surface area (Å²) in [6.45, 7) is 7.35. The van der Waals surface area contributed by atoms with Crippen molar-refractivity contribution < 1.29 is 14.6 Å². The van der Waals surface area contributed by atoms with Crippen LogP contribution >= 0.6 is 11.8 Å². The fourth-order valence-electron chi connectivity index (χ4n) is 2.62. The normalized spacial score (nSPS) is 16.9. The number of fused-ring (bicyclic) bond motifs is 1. The molecule has 156 valence electrons. The minimum absolute atomic E-state index is 0.115. The van der Waals surface area contributed by atoms with Crippen molar-refractivity contribution in [3.8, 4) is 5.75 Å². The van der Waals surface area contributed by atoms with Gasteiger partial charge in [-0.25, -0.2) is 0 Å². The molecule has 1 aliphatic carbocycles. The second-order valence-electron chi connectivity index (χ2n) is 6.70. The second-order valence-corrected chi connectivity index (χ2v) is 7.75. The molecule has 0 fully saturated rings. The number of thioether (sulfide) groups is 1. The van der Waals surface area contributed by atoms with Crippen molar-refractivity contribution in [1.82, 2.24) is 5.32 Å². The van der Waals surface area contributed by atoms with Gasteiger partial charge >= 0.3 is 0 Å². The molecule has 2 rings (SSSR count). The van der Waals surface area contributed by atoms with E-state index in [1.54, 1.807) is 6.92 Å². The van der Waals surface area contributed by atoms with Gasteiger partial charge in [-0.3, -0.25) is 4.79 Å². The Morgan fingerprint density at radius 3 is 2.71 bits per heavy atom. The van der Waals surface area contributed by atoms with Gasteiger partial charge in [-0.2, -0.15) is 0 Å². The van der Waals surface area contributed by atoms with E-state index >= 15 is 0 Å². The molecule has 0 saturated heterocycles. The van der Waals surface area contributed by atoms with Gasteiger partial charge in [0.15, 0.2) is 0 Å². The maximum absolute atomic E-state index is 11.1. The number of ether oxygens (including phenoxy) is 1. The van der Waals surface area contributed by atoms with E-state index in [9.17, 15) is 9.90 Å². The average molecular weight is 408 g/mol. The van der Waals surface area contributed by atoms with Crippen LogP contribution in [-0.4, -0.2) is 30.4 Å². The quantitative estimate of drug-likeness (QED) is 0.389. The van der Waals surface area contributed by atoms with Gasteiger partial charge in [-0.1, -0.05) is 36.9 Å². The lowest BCUT2D eigenvalue weighted by Crippen LogP contribution is -2.38. The second kappa shape index (κ2) is 11.3. The zero-order chi connectivity index (χ0) is 21.3. The number of allylic oxidation sites excluding steroid dienone is 1. The van der Waals surface area contributed by atoms with Gasteiger partial charge in [0.1, 0.15) is 11.5 Å². The monoisotopic (exact) mass is 407 g/mol. The molecule has 0 aliphatic heterocycles. The molecule has 2 unspecified atom stereocenters. The molecule has 0 aromatic heterocycles. The fraction of sp³-hybridized carbons (Fsp3) is 0.476. The number of nitrogens with one attached hydrogen (secondary N) is 1. The highest BCUT2D eigenvalue weighted by atomic mass is 32.2. The molecule has 0 heterocycles. The van der Waals surface area contributed by atoms with Crippen molar-refractivity contribution in [2.45, 2.75) is 58.8 Å². The zero-order valence-corrected chi connectivity index (χ0v) is 18.2. The van der Waals surface area contributed by atoms with Gasteiger partial charge in [0.2, 0.25) is 6.41 Å². The molecule has 0 radical (unpaired) electrons. The highest BCUT2D eigenvalue weighted by Gasteiger charge is 2.24. The Hall–Kier alpha value is -1.80. The lowest BCUT2D eigenvalue weighted by atomic mass is 9.96. The molecule has 1 aromatic rings. The van der Waals surface area contributed by atoms with Crippen LogP contribution in [0.4, 0.5) is 0 Å². The summed E-state index contributed by atoms with van der Waals surface area (Å²) in [7, 11) is 1.50. The van der Waals surface area contributed by atoms with Gasteiger partial charge in [0.05, 0.1) is 11.1 Å². The maximum Gasteiger partial charge on any atom is 0.211 e. The molecule has 6 N–H and O–H groups in total. The predicted octanol–water partition coefficient (Wildman–Crippen LogP) is 3.10. The lowest BCUT2D eigenvalue weighted by molar-refractivity contribution is -0.108. The number of benzene rings is 1. The average Bonchev–Trinajstić information content (AvgIpc) is 2.68. The van der Waals surface area contributed by atoms with Gasteiger partial charge in [-0.15, -0.1) is 0 Å². The Balaban J connectivity index is 0.00000190. The van der Waals surface area contributed by atoms with Crippen LogP contribution in [0, 0.1) is 0 Å². The summed E-state index contributed by atoms with van der Waals surface area (Å²) < 4.78 is 6.13. The molecule has 6 nitrogen and oxygen atoms in total. The Morgan fingerprint density at radius 2 is 2.14 bits per heavy atom. The van der Waals surface area contributed by atoms with E-state index in [0.717, 1.165) is 35.5 Å². The molecule has 0 bridgehead atoms. The van der Waals surface area contributed by atoms with Crippen molar-refractivity contribution in [3.05, 3.63) is 46.0 Å². The van der Waals surface area contributed by atoms with Crippen molar-refractivity contribution >= 4 is 23.1 Å². The molecule has 1 aromatic carbocycles. The Labute approximate surface area is 172 Å². The van der Waals surface area contributed by atoms with E-state index in [4.69, 9.17) is 10.5 Å². The van der Waals surface area contributed by atoms with Crippen LogP contribution in [0.15, 0.2) is 34.9 Å². The van der Waals surface area contributed by atoms with Crippen molar-refractivity contribution in [1.29, 1.82) is 0 Å². The van der Waals surface area contributed by atoms with Crippen molar-refractivity contribution in [3.63, 3.8) is 0 Å². The maximum atomic E-state index is 11.1. The summed E-state index contributed by atoms with van der Waals surface area (Å²) >= 11 is 1.40. The molecule has 0 saturated carbocycles. The molecule has 0 spiro atoms. The zero-order valence-electron chi connectivity index (χ0n) is 17.4. The van der Waals surface area contributed by atoms with Gasteiger partial charge < -0.3 is 26.6 Å². The van der Waals surface area contributed by atoms with Crippen LogP contribution in [-0.2, 0) is 11.2 Å². The Morgan fingerprint density at radius 1 is 1.46 bits per heavy atom. The minimum atomic E-state index is -1.51. The molecule has 2 atom stereocenters. The summed E-state index contributed by atoms with van der Waals surface area (Å²) in [5.74, 6) is 0.845. The number of hydrogen-bond donors (Lipinski definition) is 4. The van der Waals surface area contributed by atoms with Crippen molar-refractivity contribution in [2.75, 3.05) is 7.05 Å².